The van der Waals surface area contributed by atoms with Crippen molar-refractivity contribution in [3.05, 3.63) is 53.6 Å². The summed E-state index contributed by atoms with van der Waals surface area (Å²) in [7, 11) is 5.47. The van der Waals surface area contributed by atoms with E-state index in [9.17, 15) is 14.4 Å². The summed E-state index contributed by atoms with van der Waals surface area (Å²) in [5, 5.41) is -0.322. The first-order valence-electron chi connectivity index (χ1n) is 11.7. The van der Waals surface area contributed by atoms with E-state index in [1.54, 1.807) is 44.1 Å². The Balaban J connectivity index is 2.56. The number of carbonyl (C=O) groups is 3. The zero-order valence-electron chi connectivity index (χ0n) is 22.0. The highest BCUT2D eigenvalue weighted by Gasteiger charge is 2.26. The van der Waals surface area contributed by atoms with Gasteiger partial charge in [0, 0.05) is 24.9 Å². The maximum Gasteiger partial charge on any atom is 0.338 e. The van der Waals surface area contributed by atoms with E-state index in [2.05, 4.69) is 0 Å². The molecule has 9 heteroatoms. The summed E-state index contributed by atoms with van der Waals surface area (Å²) in [6, 6.07) is 12.7. The number of benzene rings is 2. The molecule has 0 bridgehead atoms. The van der Waals surface area contributed by atoms with Crippen LogP contribution in [0.3, 0.4) is 0 Å². The molecule has 0 spiro atoms. The van der Waals surface area contributed by atoms with Gasteiger partial charge in [-0.1, -0.05) is 12.1 Å². The molecular weight excluding hydrogens is 480 g/mol. The van der Waals surface area contributed by atoms with Crippen LogP contribution in [-0.4, -0.2) is 69.8 Å². The molecule has 0 aliphatic rings. The minimum absolute atomic E-state index is 0.268. The smallest absolute Gasteiger partial charge is 0.338 e. The third-order valence-corrected chi connectivity index (χ3v) is 6.73. The average Bonchev–Trinajstić information content (AvgIpc) is 2.82. The van der Waals surface area contributed by atoms with Gasteiger partial charge in [0.2, 0.25) is 6.41 Å². The standard InChI is InChI=1S/C27H36N2O6S/c1-18(2)34-27(32)22-10-13-24(29(17-30)15-14-28(5)6)25(16-22)36-26(19(3)35-20(4)31)21-8-11-23(33-7)12-9-21/h8-13,16-19,26H,14-15H2,1-7H3/t19-,26+/m0/s1. The third kappa shape index (κ3) is 8.57. The Bertz CT molecular complexity index is 1030. The Morgan fingerprint density at radius 2 is 1.67 bits per heavy atom. The van der Waals surface area contributed by atoms with Gasteiger partial charge < -0.3 is 24.0 Å². The Labute approximate surface area is 217 Å². The lowest BCUT2D eigenvalue weighted by atomic mass is 10.1. The maximum atomic E-state index is 12.7. The second-order valence-corrected chi connectivity index (χ2v) is 10.0. The molecule has 0 aliphatic heterocycles. The first kappa shape index (κ1) is 29.2. The van der Waals surface area contributed by atoms with Crippen molar-refractivity contribution in [1.29, 1.82) is 0 Å². The van der Waals surface area contributed by atoms with E-state index in [1.165, 1.54) is 18.7 Å². The molecule has 2 aromatic carbocycles. The summed E-state index contributed by atoms with van der Waals surface area (Å²) >= 11 is 1.42. The number of hydrogen-bond acceptors (Lipinski definition) is 8. The number of likely N-dealkylation sites (N-methyl/N-ethyl adjacent to an activating group) is 1. The number of esters is 2. The SMILES string of the molecule is COc1ccc([C@H](Sc2cc(C(=O)OC(C)C)ccc2N(C=O)CCN(C)C)[C@H](C)OC(C)=O)cc1. The van der Waals surface area contributed by atoms with E-state index in [4.69, 9.17) is 14.2 Å². The maximum absolute atomic E-state index is 12.7. The molecule has 2 atom stereocenters. The van der Waals surface area contributed by atoms with E-state index in [0.717, 1.165) is 12.0 Å². The Morgan fingerprint density at radius 3 is 2.19 bits per heavy atom. The summed E-state index contributed by atoms with van der Waals surface area (Å²) in [6.45, 7) is 7.90. The fourth-order valence-electron chi connectivity index (χ4n) is 3.48. The third-order valence-electron chi connectivity index (χ3n) is 5.24. The zero-order valence-corrected chi connectivity index (χ0v) is 22.8. The van der Waals surface area contributed by atoms with Crippen molar-refractivity contribution in [3.8, 4) is 5.75 Å². The number of ether oxygens (including phenoxy) is 3. The monoisotopic (exact) mass is 516 g/mol. The minimum atomic E-state index is -0.494. The quantitative estimate of drug-likeness (QED) is 0.217. The van der Waals surface area contributed by atoms with Gasteiger partial charge >= 0.3 is 11.9 Å². The van der Waals surface area contributed by atoms with Crippen molar-refractivity contribution in [2.45, 2.75) is 50.0 Å². The molecule has 0 radical (unpaired) electrons. The van der Waals surface area contributed by atoms with Gasteiger partial charge in [-0.25, -0.2) is 4.79 Å². The normalized spacial score (nSPS) is 12.7. The molecule has 196 valence electrons. The molecule has 0 N–H and O–H groups in total. The summed E-state index contributed by atoms with van der Waals surface area (Å²) in [5.41, 5.74) is 1.94. The first-order valence-corrected chi connectivity index (χ1v) is 12.6. The van der Waals surface area contributed by atoms with Gasteiger partial charge in [0.1, 0.15) is 11.9 Å². The summed E-state index contributed by atoms with van der Waals surface area (Å²) in [6.07, 6.45) is 0.0229. The van der Waals surface area contributed by atoms with Gasteiger partial charge in [0.05, 0.1) is 29.7 Å². The molecule has 0 heterocycles. The molecular formula is C27H36N2O6S. The number of amides is 1. The molecule has 36 heavy (non-hydrogen) atoms. The Hall–Kier alpha value is -3.04. The predicted molar refractivity (Wildman–Crippen MR) is 142 cm³/mol. The van der Waals surface area contributed by atoms with Crippen molar-refractivity contribution in [3.63, 3.8) is 0 Å². The van der Waals surface area contributed by atoms with Crippen LogP contribution >= 0.6 is 11.8 Å². The van der Waals surface area contributed by atoms with Crippen molar-refractivity contribution < 1.29 is 28.6 Å². The van der Waals surface area contributed by atoms with Crippen molar-refractivity contribution >= 4 is 35.8 Å². The van der Waals surface area contributed by atoms with Crippen molar-refractivity contribution in [2.24, 2.45) is 0 Å². The highest BCUT2D eigenvalue weighted by Crippen LogP contribution is 2.43. The molecule has 0 aromatic heterocycles. The number of thioether (sulfide) groups is 1. The summed E-state index contributed by atoms with van der Waals surface area (Å²) in [5.74, 6) is -0.132. The number of hydrogen-bond donors (Lipinski definition) is 0. The van der Waals surface area contributed by atoms with Crippen LogP contribution in [-0.2, 0) is 19.1 Å². The van der Waals surface area contributed by atoms with Gasteiger partial charge in [-0.3, -0.25) is 9.59 Å². The van der Waals surface area contributed by atoms with Gasteiger partial charge in [-0.15, -0.1) is 11.8 Å². The van der Waals surface area contributed by atoms with Crippen LogP contribution in [0.4, 0.5) is 5.69 Å². The number of rotatable bonds is 13. The summed E-state index contributed by atoms with van der Waals surface area (Å²) in [4.78, 5) is 40.8. The molecule has 0 aliphatic carbocycles. The van der Waals surface area contributed by atoms with E-state index < -0.39 is 18.0 Å². The van der Waals surface area contributed by atoms with Crippen LogP contribution in [0.5, 0.6) is 5.75 Å². The molecule has 0 saturated carbocycles. The number of carbonyl (C=O) groups excluding carboxylic acids is 3. The second-order valence-electron chi connectivity index (χ2n) is 8.86. The molecule has 1 amide bonds. The van der Waals surface area contributed by atoms with Gasteiger partial charge in [0.15, 0.2) is 0 Å². The fraction of sp³-hybridized carbons (Fsp3) is 0.444. The number of methoxy groups -OCH3 is 1. The molecule has 0 fully saturated rings. The van der Waals surface area contributed by atoms with Crippen LogP contribution in [0.2, 0.25) is 0 Å². The molecule has 8 nitrogen and oxygen atoms in total. The van der Waals surface area contributed by atoms with Crippen LogP contribution in [0.1, 0.15) is 48.9 Å². The highest BCUT2D eigenvalue weighted by atomic mass is 32.2. The van der Waals surface area contributed by atoms with Crippen molar-refractivity contribution in [2.75, 3.05) is 39.2 Å². The van der Waals surface area contributed by atoms with E-state index in [0.29, 0.717) is 35.0 Å². The number of nitrogens with zero attached hydrogens (tertiary/aromatic N) is 2. The van der Waals surface area contributed by atoms with E-state index in [-0.39, 0.29) is 11.4 Å². The molecule has 0 saturated heterocycles. The lowest BCUT2D eigenvalue weighted by Gasteiger charge is -2.27. The van der Waals surface area contributed by atoms with Crippen LogP contribution < -0.4 is 9.64 Å². The van der Waals surface area contributed by atoms with E-state index in [1.807, 2.05) is 50.2 Å². The van der Waals surface area contributed by atoms with Crippen LogP contribution in [0, 0.1) is 0 Å². The highest BCUT2D eigenvalue weighted by molar-refractivity contribution is 7.99. The van der Waals surface area contributed by atoms with Crippen LogP contribution in [0.15, 0.2) is 47.4 Å². The first-order chi connectivity index (χ1) is 17.0. The largest absolute Gasteiger partial charge is 0.497 e. The van der Waals surface area contributed by atoms with Gasteiger partial charge in [-0.05, 0) is 70.8 Å². The van der Waals surface area contributed by atoms with Gasteiger partial charge in [-0.2, -0.15) is 0 Å². The van der Waals surface area contributed by atoms with Gasteiger partial charge in [0.25, 0.3) is 0 Å². The molecule has 2 rings (SSSR count). The van der Waals surface area contributed by atoms with Crippen molar-refractivity contribution in [1.82, 2.24) is 4.90 Å². The lowest BCUT2D eigenvalue weighted by Crippen LogP contribution is -2.31. The minimum Gasteiger partial charge on any atom is -0.497 e. The molecule has 0 unspecified atom stereocenters. The average molecular weight is 517 g/mol. The fourth-order valence-corrected chi connectivity index (χ4v) is 4.80. The number of anilines is 1. The zero-order chi connectivity index (χ0) is 26.8. The van der Waals surface area contributed by atoms with Crippen LogP contribution in [0.25, 0.3) is 0 Å². The lowest BCUT2D eigenvalue weighted by molar-refractivity contribution is -0.145. The predicted octanol–water partition coefficient (Wildman–Crippen LogP) is 4.57. The summed E-state index contributed by atoms with van der Waals surface area (Å²) < 4.78 is 16.2. The Morgan fingerprint density at radius 1 is 1.00 bits per heavy atom. The Kier molecular flexibility index (Phi) is 11.3. The van der Waals surface area contributed by atoms with E-state index >= 15 is 0 Å². The topological polar surface area (TPSA) is 85.4 Å². The molecule has 2 aromatic rings. The second kappa shape index (κ2) is 13.9.